The first-order valence-corrected chi connectivity index (χ1v) is 6.79. The lowest BCUT2D eigenvalue weighted by atomic mass is 10.1. The molecule has 0 unspecified atom stereocenters. The molecule has 0 aliphatic rings. The van der Waals surface area contributed by atoms with E-state index >= 15 is 0 Å². The van der Waals surface area contributed by atoms with Crippen LogP contribution in [-0.4, -0.2) is 22.8 Å². The van der Waals surface area contributed by atoms with Crippen LogP contribution < -0.4 is 0 Å². The van der Waals surface area contributed by atoms with E-state index in [1.54, 1.807) is 18.1 Å². The predicted molar refractivity (Wildman–Crippen MR) is 81.0 cm³/mol. The van der Waals surface area contributed by atoms with Crippen LogP contribution in [-0.2, 0) is 6.54 Å². The lowest BCUT2D eigenvalue weighted by Gasteiger charge is -2.16. The van der Waals surface area contributed by atoms with Gasteiger partial charge in [-0.3, -0.25) is 9.78 Å². The Balaban J connectivity index is 1.89. The van der Waals surface area contributed by atoms with Crippen molar-refractivity contribution in [1.29, 1.82) is 0 Å². The van der Waals surface area contributed by atoms with Gasteiger partial charge >= 0.3 is 0 Å². The van der Waals surface area contributed by atoms with Gasteiger partial charge in [-0.15, -0.1) is 0 Å². The van der Waals surface area contributed by atoms with Gasteiger partial charge in [-0.2, -0.15) is 0 Å². The third-order valence-electron chi connectivity index (χ3n) is 3.41. The van der Waals surface area contributed by atoms with Crippen LogP contribution >= 0.6 is 0 Å². The second kappa shape index (κ2) is 5.40. The summed E-state index contributed by atoms with van der Waals surface area (Å²) in [6.07, 6.45) is 1.67. The Kier molecular flexibility index (Phi) is 3.44. The normalized spacial score (nSPS) is 10.8. The van der Waals surface area contributed by atoms with E-state index in [9.17, 15) is 4.79 Å². The molecule has 21 heavy (non-hydrogen) atoms. The molecule has 0 fully saturated rings. The standard InChI is InChI=1S/C17H16N2O2/c1-12-7-8-14(21-12)11-19(2)17(20)16-15-6-4-3-5-13(15)9-10-18-16/h3-10H,11H2,1-2H3. The molecule has 0 N–H and O–H groups in total. The minimum Gasteiger partial charge on any atom is -0.464 e. The Morgan fingerprint density at radius 2 is 2.00 bits per heavy atom. The van der Waals surface area contributed by atoms with E-state index in [1.807, 2.05) is 49.4 Å². The highest BCUT2D eigenvalue weighted by Gasteiger charge is 2.17. The van der Waals surface area contributed by atoms with Crippen molar-refractivity contribution in [3.05, 3.63) is 65.9 Å². The smallest absolute Gasteiger partial charge is 0.273 e. The van der Waals surface area contributed by atoms with Gasteiger partial charge in [-0.05, 0) is 30.5 Å². The molecule has 4 heteroatoms. The van der Waals surface area contributed by atoms with Crippen molar-refractivity contribution in [3.8, 4) is 0 Å². The minimum absolute atomic E-state index is 0.110. The fourth-order valence-corrected chi connectivity index (χ4v) is 2.35. The molecule has 0 spiro atoms. The second-order valence-corrected chi connectivity index (χ2v) is 5.05. The van der Waals surface area contributed by atoms with Crippen LogP contribution in [0.15, 0.2) is 53.1 Å². The number of carbonyl (C=O) groups excluding carboxylic acids is 1. The van der Waals surface area contributed by atoms with Crippen LogP contribution in [0.3, 0.4) is 0 Å². The van der Waals surface area contributed by atoms with Crippen LogP contribution in [0.4, 0.5) is 0 Å². The summed E-state index contributed by atoms with van der Waals surface area (Å²) >= 11 is 0. The fourth-order valence-electron chi connectivity index (χ4n) is 2.35. The van der Waals surface area contributed by atoms with Crippen molar-refractivity contribution in [2.24, 2.45) is 0 Å². The fraction of sp³-hybridized carbons (Fsp3) is 0.176. The van der Waals surface area contributed by atoms with Gasteiger partial charge in [0.25, 0.3) is 5.91 Å². The Morgan fingerprint density at radius 1 is 1.19 bits per heavy atom. The van der Waals surface area contributed by atoms with E-state index in [2.05, 4.69) is 4.98 Å². The summed E-state index contributed by atoms with van der Waals surface area (Å²) in [5.41, 5.74) is 0.471. The first kappa shape index (κ1) is 13.4. The number of hydrogen-bond acceptors (Lipinski definition) is 3. The number of rotatable bonds is 3. The summed E-state index contributed by atoms with van der Waals surface area (Å²) in [7, 11) is 1.75. The van der Waals surface area contributed by atoms with Crippen molar-refractivity contribution < 1.29 is 9.21 Å². The maximum absolute atomic E-state index is 12.6. The molecule has 2 aromatic heterocycles. The molecule has 2 heterocycles. The molecule has 3 rings (SSSR count). The second-order valence-electron chi connectivity index (χ2n) is 5.05. The third-order valence-corrected chi connectivity index (χ3v) is 3.41. The molecule has 3 aromatic rings. The highest BCUT2D eigenvalue weighted by Crippen LogP contribution is 2.18. The summed E-state index contributed by atoms with van der Waals surface area (Å²) in [4.78, 5) is 18.5. The summed E-state index contributed by atoms with van der Waals surface area (Å²) in [6.45, 7) is 2.31. The largest absolute Gasteiger partial charge is 0.464 e. The van der Waals surface area contributed by atoms with Crippen LogP contribution in [0, 0.1) is 6.92 Å². The lowest BCUT2D eigenvalue weighted by molar-refractivity contribution is 0.0771. The minimum atomic E-state index is -0.110. The van der Waals surface area contributed by atoms with E-state index in [1.165, 1.54) is 0 Å². The van der Waals surface area contributed by atoms with Crippen LogP contribution in [0.1, 0.15) is 22.0 Å². The summed E-state index contributed by atoms with van der Waals surface area (Å²) in [5, 5.41) is 1.88. The monoisotopic (exact) mass is 280 g/mol. The first-order valence-electron chi connectivity index (χ1n) is 6.79. The maximum Gasteiger partial charge on any atom is 0.273 e. The summed E-state index contributed by atoms with van der Waals surface area (Å²) < 4.78 is 5.51. The van der Waals surface area contributed by atoms with Crippen LogP contribution in [0.25, 0.3) is 10.8 Å². The third kappa shape index (κ3) is 2.65. The van der Waals surface area contributed by atoms with Gasteiger partial charge in [0.2, 0.25) is 0 Å². The van der Waals surface area contributed by atoms with E-state index in [-0.39, 0.29) is 5.91 Å². The zero-order valence-electron chi connectivity index (χ0n) is 12.0. The van der Waals surface area contributed by atoms with E-state index < -0.39 is 0 Å². The van der Waals surface area contributed by atoms with Crippen molar-refractivity contribution in [2.75, 3.05) is 7.05 Å². The zero-order chi connectivity index (χ0) is 14.8. The number of aromatic nitrogens is 1. The lowest BCUT2D eigenvalue weighted by Crippen LogP contribution is -2.27. The maximum atomic E-state index is 12.6. The Morgan fingerprint density at radius 3 is 2.76 bits per heavy atom. The molecule has 0 aliphatic heterocycles. The number of carbonyl (C=O) groups is 1. The van der Waals surface area contributed by atoms with Crippen molar-refractivity contribution in [2.45, 2.75) is 13.5 Å². The predicted octanol–water partition coefficient (Wildman–Crippen LogP) is 3.41. The number of hydrogen-bond donors (Lipinski definition) is 0. The van der Waals surface area contributed by atoms with Gasteiger partial charge < -0.3 is 9.32 Å². The molecular weight excluding hydrogens is 264 g/mol. The Hall–Kier alpha value is -2.62. The molecule has 106 valence electrons. The van der Waals surface area contributed by atoms with Crippen molar-refractivity contribution in [3.63, 3.8) is 0 Å². The molecule has 1 amide bonds. The van der Waals surface area contributed by atoms with E-state index in [0.29, 0.717) is 12.2 Å². The molecule has 0 bridgehead atoms. The quantitative estimate of drug-likeness (QED) is 0.738. The zero-order valence-corrected chi connectivity index (χ0v) is 12.0. The Labute approximate surface area is 123 Å². The number of nitrogens with zero attached hydrogens (tertiary/aromatic N) is 2. The molecule has 0 radical (unpaired) electrons. The molecule has 4 nitrogen and oxygen atoms in total. The van der Waals surface area contributed by atoms with Gasteiger partial charge in [0.05, 0.1) is 6.54 Å². The number of benzene rings is 1. The average Bonchev–Trinajstić information content (AvgIpc) is 2.91. The Bertz CT molecular complexity index is 787. The van der Waals surface area contributed by atoms with Gasteiger partial charge in [0, 0.05) is 18.6 Å². The molecule has 0 atom stereocenters. The van der Waals surface area contributed by atoms with Gasteiger partial charge in [0.1, 0.15) is 17.2 Å². The highest BCUT2D eigenvalue weighted by atomic mass is 16.3. The van der Waals surface area contributed by atoms with Crippen LogP contribution in [0.2, 0.25) is 0 Å². The highest BCUT2D eigenvalue weighted by molar-refractivity contribution is 6.04. The molecule has 0 saturated heterocycles. The van der Waals surface area contributed by atoms with Gasteiger partial charge in [-0.1, -0.05) is 24.3 Å². The number of furan rings is 1. The SMILES string of the molecule is Cc1ccc(CN(C)C(=O)c2nccc3ccccc23)o1. The topological polar surface area (TPSA) is 46.3 Å². The molecular formula is C17H16N2O2. The van der Waals surface area contributed by atoms with Crippen molar-refractivity contribution in [1.82, 2.24) is 9.88 Å². The summed E-state index contributed by atoms with van der Waals surface area (Å²) in [5.74, 6) is 1.50. The van der Waals surface area contributed by atoms with Gasteiger partial charge in [-0.25, -0.2) is 0 Å². The van der Waals surface area contributed by atoms with Gasteiger partial charge in [0.15, 0.2) is 0 Å². The number of pyridine rings is 1. The van der Waals surface area contributed by atoms with Crippen LogP contribution in [0.5, 0.6) is 0 Å². The number of aryl methyl sites for hydroxylation is 1. The molecule has 0 saturated carbocycles. The average molecular weight is 280 g/mol. The van der Waals surface area contributed by atoms with E-state index in [4.69, 9.17) is 4.42 Å². The molecule has 0 aliphatic carbocycles. The summed E-state index contributed by atoms with van der Waals surface area (Å²) in [6, 6.07) is 13.4. The number of amides is 1. The first-order chi connectivity index (χ1) is 10.1. The molecule has 1 aromatic carbocycles. The number of fused-ring (bicyclic) bond motifs is 1. The van der Waals surface area contributed by atoms with E-state index in [0.717, 1.165) is 22.3 Å². The van der Waals surface area contributed by atoms with Crippen molar-refractivity contribution >= 4 is 16.7 Å².